The molecule has 1 atom stereocenters. The van der Waals surface area contributed by atoms with Crippen molar-refractivity contribution in [3.63, 3.8) is 0 Å². The number of pyridine rings is 1. The van der Waals surface area contributed by atoms with Gasteiger partial charge in [0.15, 0.2) is 0 Å². The number of ether oxygens (including phenoxy) is 1. The van der Waals surface area contributed by atoms with Crippen molar-refractivity contribution in [2.75, 3.05) is 0 Å². The molecule has 0 amide bonds. The minimum atomic E-state index is -0.496. The van der Waals surface area contributed by atoms with E-state index in [1.165, 1.54) is 6.07 Å². The van der Waals surface area contributed by atoms with Crippen molar-refractivity contribution >= 4 is 27.8 Å². The van der Waals surface area contributed by atoms with Crippen LogP contribution in [-0.2, 0) is 4.79 Å². The number of nitrogens with one attached hydrogen (secondary N) is 1. The average molecular weight is 449 g/mol. The van der Waals surface area contributed by atoms with E-state index >= 15 is 0 Å². The second kappa shape index (κ2) is 7.56. The number of esters is 1. The van der Waals surface area contributed by atoms with E-state index in [0.717, 1.165) is 27.6 Å². The Morgan fingerprint density at radius 3 is 2.50 bits per heavy atom. The molecule has 0 aliphatic carbocycles. The maximum atomic E-state index is 13.1. The highest BCUT2D eigenvalue weighted by Gasteiger charge is 2.34. The first kappa shape index (κ1) is 20.2. The Morgan fingerprint density at radius 1 is 0.912 bits per heavy atom. The second-order valence-corrected chi connectivity index (χ2v) is 8.53. The Hall–Kier alpha value is -4.45. The number of para-hydroxylation sites is 1. The summed E-state index contributed by atoms with van der Waals surface area (Å²) in [4.78, 5) is 41.2. The Bertz CT molecular complexity index is 1730. The Labute approximate surface area is 193 Å². The highest BCUT2D eigenvalue weighted by atomic mass is 16.5. The quantitative estimate of drug-likeness (QED) is 0.231. The van der Waals surface area contributed by atoms with E-state index in [9.17, 15) is 14.4 Å². The number of H-pyrrole nitrogens is 1. The predicted octanol–water partition coefficient (Wildman–Crippen LogP) is 5.05. The van der Waals surface area contributed by atoms with Crippen LogP contribution in [0.4, 0.5) is 0 Å². The van der Waals surface area contributed by atoms with Crippen molar-refractivity contribution in [1.29, 1.82) is 0 Å². The van der Waals surface area contributed by atoms with Gasteiger partial charge in [0.05, 0.1) is 11.8 Å². The van der Waals surface area contributed by atoms with Crippen molar-refractivity contribution < 1.29 is 13.9 Å². The summed E-state index contributed by atoms with van der Waals surface area (Å²) in [5.74, 6) is -0.599. The van der Waals surface area contributed by atoms with E-state index in [0.29, 0.717) is 27.8 Å². The molecule has 0 saturated heterocycles. The third-order valence-corrected chi connectivity index (χ3v) is 6.41. The van der Waals surface area contributed by atoms with E-state index in [4.69, 9.17) is 9.15 Å². The van der Waals surface area contributed by atoms with E-state index < -0.39 is 17.5 Å². The summed E-state index contributed by atoms with van der Waals surface area (Å²) in [5.41, 5.74) is 3.78. The van der Waals surface area contributed by atoms with Crippen LogP contribution in [0.1, 0.15) is 29.0 Å². The molecular weight excluding hydrogens is 430 g/mol. The van der Waals surface area contributed by atoms with Crippen LogP contribution >= 0.6 is 0 Å². The molecule has 166 valence electrons. The number of aromatic amines is 1. The lowest BCUT2D eigenvalue weighted by Gasteiger charge is -2.28. The number of rotatable bonds is 2. The van der Waals surface area contributed by atoms with Crippen LogP contribution in [0, 0.1) is 6.92 Å². The highest BCUT2D eigenvalue weighted by Crippen LogP contribution is 2.46. The number of aromatic nitrogens is 1. The van der Waals surface area contributed by atoms with Gasteiger partial charge in [-0.2, -0.15) is 0 Å². The maximum Gasteiger partial charge on any atom is 0.336 e. The number of fused-ring (bicyclic) bond motifs is 4. The molecule has 0 fully saturated rings. The lowest BCUT2D eigenvalue weighted by Crippen LogP contribution is -2.26. The molecule has 6 heteroatoms. The van der Waals surface area contributed by atoms with Crippen molar-refractivity contribution in [2.24, 2.45) is 0 Å². The summed E-state index contributed by atoms with van der Waals surface area (Å²) in [7, 11) is 0. The first-order valence-electron chi connectivity index (χ1n) is 11.0. The van der Waals surface area contributed by atoms with Gasteiger partial charge in [0, 0.05) is 34.2 Å². The largest absolute Gasteiger partial charge is 0.425 e. The summed E-state index contributed by atoms with van der Waals surface area (Å²) >= 11 is 0. The minimum absolute atomic E-state index is 0.0399. The normalized spacial score (nSPS) is 15.3. The van der Waals surface area contributed by atoms with E-state index in [-0.39, 0.29) is 12.0 Å². The number of hydrogen-bond donors (Lipinski definition) is 1. The molecule has 0 spiro atoms. The highest BCUT2D eigenvalue weighted by molar-refractivity contribution is 6.01. The molecular formula is C28H19NO5. The first-order valence-corrected chi connectivity index (χ1v) is 11.0. The smallest absolute Gasteiger partial charge is 0.336 e. The van der Waals surface area contributed by atoms with Gasteiger partial charge in [-0.15, -0.1) is 0 Å². The van der Waals surface area contributed by atoms with Gasteiger partial charge in [-0.1, -0.05) is 48.5 Å². The van der Waals surface area contributed by atoms with Gasteiger partial charge in [-0.05, 0) is 41.6 Å². The number of carbonyl (C=O) groups is 1. The molecule has 1 N–H and O–H groups in total. The fourth-order valence-electron chi connectivity index (χ4n) is 4.93. The fraction of sp³-hybridized carbons (Fsp3) is 0.107. The number of carbonyl (C=O) groups excluding carboxylic acids is 1. The minimum Gasteiger partial charge on any atom is -0.425 e. The van der Waals surface area contributed by atoms with Crippen molar-refractivity contribution in [1.82, 2.24) is 4.98 Å². The number of hydrogen-bond acceptors (Lipinski definition) is 5. The molecule has 3 aromatic carbocycles. The molecule has 6 rings (SSSR count). The van der Waals surface area contributed by atoms with E-state index in [1.54, 1.807) is 6.07 Å². The molecule has 3 heterocycles. The Morgan fingerprint density at radius 2 is 1.68 bits per heavy atom. The summed E-state index contributed by atoms with van der Waals surface area (Å²) in [6.45, 7) is 1.87. The first-order chi connectivity index (χ1) is 16.5. The zero-order valence-electron chi connectivity index (χ0n) is 18.3. The van der Waals surface area contributed by atoms with Gasteiger partial charge in [-0.25, -0.2) is 4.79 Å². The van der Waals surface area contributed by atoms with Gasteiger partial charge >= 0.3 is 11.6 Å². The summed E-state index contributed by atoms with van der Waals surface area (Å²) in [5, 5.41) is 1.42. The summed E-state index contributed by atoms with van der Waals surface area (Å²) in [6, 6.07) is 22.0. The van der Waals surface area contributed by atoms with Crippen LogP contribution < -0.4 is 15.9 Å². The summed E-state index contributed by atoms with van der Waals surface area (Å²) in [6.07, 6.45) is 0.0399. The lowest BCUT2D eigenvalue weighted by atomic mass is 9.82. The molecule has 0 bridgehead atoms. The molecule has 1 aliphatic rings. The van der Waals surface area contributed by atoms with Crippen LogP contribution in [0.3, 0.4) is 0 Å². The molecule has 2 aromatic heterocycles. The third-order valence-electron chi connectivity index (χ3n) is 6.41. The van der Waals surface area contributed by atoms with Crippen LogP contribution in [0.25, 0.3) is 33.0 Å². The number of benzene rings is 3. The van der Waals surface area contributed by atoms with Gasteiger partial charge < -0.3 is 14.1 Å². The predicted molar refractivity (Wildman–Crippen MR) is 129 cm³/mol. The topological polar surface area (TPSA) is 89.4 Å². The number of aryl methyl sites for hydroxylation is 1. The van der Waals surface area contributed by atoms with Crippen LogP contribution in [-0.4, -0.2) is 11.0 Å². The van der Waals surface area contributed by atoms with Gasteiger partial charge in [0.2, 0.25) is 0 Å². The summed E-state index contributed by atoms with van der Waals surface area (Å²) < 4.78 is 11.3. The average Bonchev–Trinajstić information content (AvgIpc) is 2.83. The monoisotopic (exact) mass is 449 g/mol. The van der Waals surface area contributed by atoms with Gasteiger partial charge in [0.1, 0.15) is 11.3 Å². The Kier molecular flexibility index (Phi) is 4.48. The fourth-order valence-corrected chi connectivity index (χ4v) is 4.93. The zero-order valence-corrected chi connectivity index (χ0v) is 18.3. The molecule has 6 nitrogen and oxygen atoms in total. The van der Waals surface area contributed by atoms with Crippen LogP contribution in [0.15, 0.2) is 86.8 Å². The van der Waals surface area contributed by atoms with Crippen molar-refractivity contribution in [3.05, 3.63) is 110 Å². The zero-order chi connectivity index (χ0) is 23.4. The maximum absolute atomic E-state index is 13.1. The lowest BCUT2D eigenvalue weighted by molar-refractivity contribution is -0.135. The second-order valence-electron chi connectivity index (χ2n) is 8.53. The van der Waals surface area contributed by atoms with Crippen molar-refractivity contribution in [2.45, 2.75) is 19.3 Å². The standard InChI is InChI=1S/C28H19NO5/c1-15-11-22-26(18(13-23(30)33-22)16-7-3-2-4-8-16)27-25(15)19(14-24(31)34-27)20-12-17-9-5-6-10-21(17)29-28(20)32/h2-13,19H,14H2,1H3,(H,29,32). The molecule has 5 aromatic rings. The van der Waals surface area contributed by atoms with Crippen LogP contribution in [0.2, 0.25) is 0 Å². The molecule has 0 radical (unpaired) electrons. The SMILES string of the molecule is Cc1cc2oc(=O)cc(-c3ccccc3)c2c2c1C(c1cc3ccccc3[nH]c1=O)CC(=O)O2. The van der Waals surface area contributed by atoms with Crippen molar-refractivity contribution in [3.8, 4) is 16.9 Å². The third kappa shape index (κ3) is 3.15. The van der Waals surface area contributed by atoms with Crippen LogP contribution in [0.5, 0.6) is 5.75 Å². The molecule has 1 unspecified atom stereocenters. The van der Waals surface area contributed by atoms with E-state index in [1.807, 2.05) is 67.6 Å². The van der Waals surface area contributed by atoms with Gasteiger partial charge in [0.25, 0.3) is 5.56 Å². The van der Waals surface area contributed by atoms with Gasteiger partial charge in [-0.3, -0.25) is 9.59 Å². The molecule has 1 aliphatic heterocycles. The molecule has 34 heavy (non-hydrogen) atoms. The molecule has 0 saturated carbocycles. The van der Waals surface area contributed by atoms with E-state index in [2.05, 4.69) is 4.98 Å². The Balaban J connectivity index is 1.68.